The van der Waals surface area contributed by atoms with Crippen molar-refractivity contribution in [2.75, 3.05) is 44.3 Å². The number of nitrogens with zero attached hydrogens (tertiary/aromatic N) is 3. The second-order valence-corrected chi connectivity index (χ2v) is 6.61. The summed E-state index contributed by atoms with van der Waals surface area (Å²) < 4.78 is 5.44. The summed E-state index contributed by atoms with van der Waals surface area (Å²) >= 11 is 0. The zero-order chi connectivity index (χ0) is 14.2. The second kappa shape index (κ2) is 5.37. The van der Waals surface area contributed by atoms with Crippen LogP contribution in [-0.2, 0) is 4.74 Å². The van der Waals surface area contributed by atoms with Crippen LogP contribution < -0.4 is 4.90 Å². The average Bonchev–Trinajstić information content (AvgIpc) is 2.96. The summed E-state index contributed by atoms with van der Waals surface area (Å²) in [6.45, 7) is 13.0. The molecule has 2 fully saturated rings. The van der Waals surface area contributed by atoms with Crippen molar-refractivity contribution in [2.24, 2.45) is 5.92 Å². The molecule has 5 heteroatoms. The van der Waals surface area contributed by atoms with E-state index in [0.29, 0.717) is 5.92 Å². The molecule has 0 radical (unpaired) electrons. The van der Waals surface area contributed by atoms with Gasteiger partial charge in [-0.3, -0.25) is 10.00 Å². The molecule has 1 unspecified atom stereocenters. The van der Waals surface area contributed by atoms with Crippen LogP contribution in [0.5, 0.6) is 0 Å². The Labute approximate surface area is 121 Å². The van der Waals surface area contributed by atoms with Gasteiger partial charge in [0.2, 0.25) is 0 Å². The SMILES string of the molecule is Cc1cc(N2CCC(CN3CCOCC3)C2(C)C)n[nH]1. The van der Waals surface area contributed by atoms with Gasteiger partial charge >= 0.3 is 0 Å². The van der Waals surface area contributed by atoms with E-state index < -0.39 is 0 Å². The normalized spacial score (nSPS) is 27.1. The zero-order valence-electron chi connectivity index (χ0n) is 12.9. The van der Waals surface area contributed by atoms with E-state index in [0.717, 1.165) is 44.4 Å². The van der Waals surface area contributed by atoms with E-state index in [-0.39, 0.29) is 5.54 Å². The van der Waals surface area contributed by atoms with Crippen molar-refractivity contribution in [3.63, 3.8) is 0 Å². The number of aromatic nitrogens is 2. The maximum absolute atomic E-state index is 5.44. The molecule has 1 aromatic heterocycles. The van der Waals surface area contributed by atoms with Crippen LogP contribution in [0.15, 0.2) is 6.07 Å². The van der Waals surface area contributed by atoms with E-state index in [1.54, 1.807) is 0 Å². The zero-order valence-corrected chi connectivity index (χ0v) is 12.9. The van der Waals surface area contributed by atoms with Gasteiger partial charge in [-0.15, -0.1) is 0 Å². The van der Waals surface area contributed by atoms with Crippen LogP contribution in [0.4, 0.5) is 5.82 Å². The molecule has 20 heavy (non-hydrogen) atoms. The van der Waals surface area contributed by atoms with E-state index in [1.165, 1.54) is 13.0 Å². The Morgan fingerprint density at radius 1 is 1.35 bits per heavy atom. The molecule has 0 saturated carbocycles. The molecule has 0 spiro atoms. The fourth-order valence-electron chi connectivity index (χ4n) is 3.51. The summed E-state index contributed by atoms with van der Waals surface area (Å²) in [4.78, 5) is 5.01. The third-order valence-corrected chi connectivity index (χ3v) is 4.95. The summed E-state index contributed by atoms with van der Waals surface area (Å²) in [6, 6.07) is 2.15. The topological polar surface area (TPSA) is 44.4 Å². The van der Waals surface area contributed by atoms with Crippen molar-refractivity contribution in [1.29, 1.82) is 0 Å². The molecule has 1 atom stereocenters. The molecule has 2 aliphatic heterocycles. The largest absolute Gasteiger partial charge is 0.379 e. The highest BCUT2D eigenvalue weighted by atomic mass is 16.5. The van der Waals surface area contributed by atoms with Crippen molar-refractivity contribution in [2.45, 2.75) is 32.7 Å². The van der Waals surface area contributed by atoms with Gasteiger partial charge in [0.05, 0.1) is 13.2 Å². The minimum atomic E-state index is 0.167. The fourth-order valence-corrected chi connectivity index (χ4v) is 3.51. The van der Waals surface area contributed by atoms with Gasteiger partial charge in [0.15, 0.2) is 5.82 Å². The molecule has 0 amide bonds. The van der Waals surface area contributed by atoms with Gasteiger partial charge in [0.1, 0.15) is 0 Å². The lowest BCUT2D eigenvalue weighted by Gasteiger charge is -2.39. The Hall–Kier alpha value is -1.07. The monoisotopic (exact) mass is 278 g/mol. The van der Waals surface area contributed by atoms with Crippen molar-refractivity contribution < 1.29 is 4.74 Å². The Kier molecular flexibility index (Phi) is 3.73. The Morgan fingerprint density at radius 3 is 2.75 bits per heavy atom. The number of nitrogens with one attached hydrogen (secondary N) is 1. The molecule has 0 aromatic carbocycles. The standard InChI is InChI=1S/C15H26N4O/c1-12-10-14(17-16-12)19-5-4-13(15(19,2)3)11-18-6-8-20-9-7-18/h10,13H,4-9,11H2,1-3H3,(H,16,17). The van der Waals surface area contributed by atoms with E-state index in [9.17, 15) is 0 Å². The number of hydrogen-bond acceptors (Lipinski definition) is 4. The minimum absolute atomic E-state index is 0.167. The highest BCUT2D eigenvalue weighted by Gasteiger charge is 2.42. The van der Waals surface area contributed by atoms with Crippen molar-refractivity contribution >= 4 is 5.82 Å². The van der Waals surface area contributed by atoms with Gasteiger partial charge in [0, 0.05) is 43.5 Å². The van der Waals surface area contributed by atoms with Gasteiger partial charge in [0.25, 0.3) is 0 Å². The summed E-state index contributed by atoms with van der Waals surface area (Å²) in [6.07, 6.45) is 1.25. The van der Waals surface area contributed by atoms with Gasteiger partial charge in [-0.25, -0.2) is 0 Å². The number of rotatable bonds is 3. The smallest absolute Gasteiger partial charge is 0.151 e. The quantitative estimate of drug-likeness (QED) is 0.913. The highest BCUT2D eigenvalue weighted by molar-refractivity contribution is 5.44. The second-order valence-electron chi connectivity index (χ2n) is 6.61. The first-order valence-electron chi connectivity index (χ1n) is 7.67. The molecule has 0 bridgehead atoms. The number of morpholine rings is 1. The Bertz CT molecular complexity index is 450. The van der Waals surface area contributed by atoms with Crippen molar-refractivity contribution in [3.8, 4) is 0 Å². The summed E-state index contributed by atoms with van der Waals surface area (Å²) in [5.74, 6) is 1.79. The predicted octanol–water partition coefficient (Wildman–Crippen LogP) is 1.66. The Morgan fingerprint density at radius 2 is 2.10 bits per heavy atom. The van der Waals surface area contributed by atoms with Crippen LogP contribution in [0.2, 0.25) is 0 Å². The lowest BCUT2D eigenvalue weighted by atomic mass is 9.87. The van der Waals surface area contributed by atoms with E-state index in [1.807, 2.05) is 0 Å². The number of aryl methyl sites for hydroxylation is 1. The van der Waals surface area contributed by atoms with Gasteiger partial charge < -0.3 is 9.64 Å². The lowest BCUT2D eigenvalue weighted by molar-refractivity contribution is 0.0274. The molecule has 3 heterocycles. The van der Waals surface area contributed by atoms with Gasteiger partial charge in [-0.2, -0.15) is 5.10 Å². The molecule has 1 aromatic rings. The predicted molar refractivity (Wildman–Crippen MR) is 80.1 cm³/mol. The third kappa shape index (κ3) is 2.56. The van der Waals surface area contributed by atoms with Crippen LogP contribution in [0.1, 0.15) is 26.0 Å². The van der Waals surface area contributed by atoms with Crippen molar-refractivity contribution in [1.82, 2.24) is 15.1 Å². The number of aromatic amines is 1. The van der Waals surface area contributed by atoms with E-state index in [4.69, 9.17) is 4.74 Å². The van der Waals surface area contributed by atoms with Crippen molar-refractivity contribution in [3.05, 3.63) is 11.8 Å². The van der Waals surface area contributed by atoms with Crippen LogP contribution in [0.3, 0.4) is 0 Å². The molecule has 112 valence electrons. The average molecular weight is 278 g/mol. The molecule has 5 nitrogen and oxygen atoms in total. The number of hydrogen-bond donors (Lipinski definition) is 1. The highest BCUT2D eigenvalue weighted by Crippen LogP contribution is 2.38. The number of anilines is 1. The fraction of sp³-hybridized carbons (Fsp3) is 0.800. The molecular formula is C15H26N4O. The van der Waals surface area contributed by atoms with Crippen LogP contribution in [0, 0.1) is 12.8 Å². The maximum Gasteiger partial charge on any atom is 0.151 e. The van der Waals surface area contributed by atoms with Gasteiger partial charge in [-0.05, 0) is 33.1 Å². The van der Waals surface area contributed by atoms with Gasteiger partial charge in [-0.1, -0.05) is 0 Å². The third-order valence-electron chi connectivity index (χ3n) is 4.95. The molecule has 2 saturated heterocycles. The minimum Gasteiger partial charge on any atom is -0.379 e. The van der Waals surface area contributed by atoms with E-state index in [2.05, 4.69) is 46.8 Å². The number of H-pyrrole nitrogens is 1. The molecule has 1 N–H and O–H groups in total. The molecule has 0 aliphatic carbocycles. The van der Waals surface area contributed by atoms with E-state index >= 15 is 0 Å². The molecular weight excluding hydrogens is 252 g/mol. The van der Waals surface area contributed by atoms with Crippen LogP contribution >= 0.6 is 0 Å². The lowest BCUT2D eigenvalue weighted by Crippen LogP contribution is -2.48. The maximum atomic E-state index is 5.44. The summed E-state index contributed by atoms with van der Waals surface area (Å²) in [5.41, 5.74) is 1.30. The van der Waals surface area contributed by atoms with Crippen LogP contribution in [-0.4, -0.2) is 60.0 Å². The molecule has 3 rings (SSSR count). The molecule has 2 aliphatic rings. The number of ether oxygens (including phenoxy) is 1. The Balaban J connectivity index is 1.68. The summed E-state index contributed by atoms with van der Waals surface area (Å²) in [5, 5.41) is 7.50. The summed E-state index contributed by atoms with van der Waals surface area (Å²) in [7, 11) is 0. The first kappa shape index (κ1) is 13.9. The first-order chi connectivity index (χ1) is 9.57. The first-order valence-corrected chi connectivity index (χ1v) is 7.67. The van der Waals surface area contributed by atoms with Crippen LogP contribution in [0.25, 0.3) is 0 Å².